The Morgan fingerprint density at radius 2 is 2.15 bits per heavy atom. The maximum Gasteiger partial charge on any atom is 0.283 e. The average Bonchev–Trinajstić information content (AvgIpc) is 2.89. The van der Waals surface area contributed by atoms with E-state index in [9.17, 15) is 4.79 Å². The number of aromatic nitrogens is 3. The Morgan fingerprint density at radius 1 is 1.45 bits per heavy atom. The van der Waals surface area contributed by atoms with Crippen LogP contribution in [0.25, 0.3) is 0 Å². The first-order chi connectivity index (χ1) is 9.33. The molecule has 0 unspecified atom stereocenters. The number of nitrogens with zero attached hydrogens (tertiary/aromatic N) is 3. The molecule has 0 amide bonds. The molecule has 1 N–H and O–H groups in total. The largest absolute Gasteiger partial charge is 0.371 e. The molecule has 0 aliphatic rings. The summed E-state index contributed by atoms with van der Waals surface area (Å²) in [5.74, 6) is 0. The van der Waals surface area contributed by atoms with E-state index in [1.807, 2.05) is 33.1 Å². The van der Waals surface area contributed by atoms with Gasteiger partial charge in [0.15, 0.2) is 0 Å². The quantitative estimate of drug-likeness (QED) is 0.911. The van der Waals surface area contributed by atoms with Gasteiger partial charge in [0, 0.05) is 11.6 Å². The van der Waals surface area contributed by atoms with Crippen molar-refractivity contribution in [2.75, 3.05) is 5.32 Å². The first-order valence-electron chi connectivity index (χ1n) is 6.28. The van der Waals surface area contributed by atoms with Crippen molar-refractivity contribution in [2.45, 2.75) is 39.3 Å². The van der Waals surface area contributed by atoms with Crippen LogP contribution in [0.2, 0.25) is 0 Å². The van der Waals surface area contributed by atoms with Gasteiger partial charge in [0.05, 0.1) is 23.5 Å². The van der Waals surface area contributed by atoms with Gasteiger partial charge in [-0.05, 0) is 43.6 Å². The van der Waals surface area contributed by atoms with Gasteiger partial charge in [0.2, 0.25) is 0 Å². The second-order valence-corrected chi connectivity index (χ2v) is 6.99. The van der Waals surface area contributed by atoms with Gasteiger partial charge in [-0.2, -0.15) is 5.10 Å². The SMILES string of the molecule is CC(C)n1ncc(NC(C)(C)c2nccs2)c(Br)c1=O. The van der Waals surface area contributed by atoms with Crippen LogP contribution in [-0.4, -0.2) is 14.8 Å². The fourth-order valence-electron chi connectivity index (χ4n) is 1.82. The molecule has 0 bridgehead atoms. The summed E-state index contributed by atoms with van der Waals surface area (Å²) in [5.41, 5.74) is 0.168. The van der Waals surface area contributed by atoms with E-state index in [1.54, 1.807) is 23.7 Å². The zero-order valence-electron chi connectivity index (χ0n) is 11.8. The number of anilines is 1. The Hall–Kier alpha value is -1.21. The summed E-state index contributed by atoms with van der Waals surface area (Å²) in [6.07, 6.45) is 3.44. The molecule has 7 heteroatoms. The third kappa shape index (κ3) is 2.93. The van der Waals surface area contributed by atoms with E-state index in [1.165, 1.54) is 4.68 Å². The lowest BCUT2D eigenvalue weighted by Crippen LogP contribution is -2.31. The molecule has 0 aromatic carbocycles. The molecule has 0 aliphatic carbocycles. The minimum Gasteiger partial charge on any atom is -0.371 e. The third-order valence-corrected chi connectivity index (χ3v) is 4.71. The maximum absolute atomic E-state index is 12.2. The van der Waals surface area contributed by atoms with Crippen molar-refractivity contribution in [3.05, 3.63) is 37.6 Å². The van der Waals surface area contributed by atoms with Gasteiger partial charge >= 0.3 is 0 Å². The summed E-state index contributed by atoms with van der Waals surface area (Å²) >= 11 is 4.94. The Balaban J connectivity index is 2.36. The summed E-state index contributed by atoms with van der Waals surface area (Å²) < 4.78 is 1.94. The highest BCUT2D eigenvalue weighted by Gasteiger charge is 2.25. The zero-order chi connectivity index (χ0) is 14.9. The van der Waals surface area contributed by atoms with Crippen LogP contribution in [0.1, 0.15) is 38.7 Å². The summed E-state index contributed by atoms with van der Waals surface area (Å²) in [6.45, 7) is 7.89. The minimum absolute atomic E-state index is 0.0276. The molecule has 108 valence electrons. The van der Waals surface area contributed by atoms with Crippen molar-refractivity contribution < 1.29 is 0 Å². The minimum atomic E-state index is -0.366. The van der Waals surface area contributed by atoms with E-state index in [0.717, 1.165) is 5.01 Å². The van der Waals surface area contributed by atoms with Crippen molar-refractivity contribution >= 4 is 33.0 Å². The van der Waals surface area contributed by atoms with Gasteiger partial charge < -0.3 is 5.32 Å². The van der Waals surface area contributed by atoms with Crippen LogP contribution in [0.5, 0.6) is 0 Å². The van der Waals surface area contributed by atoms with Gasteiger partial charge in [0.25, 0.3) is 5.56 Å². The fraction of sp³-hybridized carbons (Fsp3) is 0.462. The highest BCUT2D eigenvalue weighted by atomic mass is 79.9. The first kappa shape index (κ1) is 15.2. The van der Waals surface area contributed by atoms with Gasteiger partial charge in [-0.1, -0.05) is 0 Å². The summed E-state index contributed by atoms with van der Waals surface area (Å²) in [4.78, 5) is 16.5. The highest BCUT2D eigenvalue weighted by Crippen LogP contribution is 2.29. The third-order valence-electron chi connectivity index (χ3n) is 2.85. The van der Waals surface area contributed by atoms with Gasteiger partial charge in [-0.25, -0.2) is 9.67 Å². The molecule has 0 aliphatic heterocycles. The fourth-order valence-corrected chi connectivity index (χ4v) is 2.92. The molecule has 0 saturated carbocycles. The van der Waals surface area contributed by atoms with Crippen LogP contribution < -0.4 is 10.9 Å². The molecule has 20 heavy (non-hydrogen) atoms. The molecular weight excluding hydrogens is 340 g/mol. The topological polar surface area (TPSA) is 59.8 Å². The summed E-state index contributed by atoms with van der Waals surface area (Å²) in [7, 11) is 0. The number of hydrogen-bond acceptors (Lipinski definition) is 5. The predicted molar refractivity (Wildman–Crippen MR) is 85.3 cm³/mol. The molecule has 2 rings (SSSR count). The smallest absolute Gasteiger partial charge is 0.283 e. The van der Waals surface area contributed by atoms with E-state index in [2.05, 4.69) is 31.3 Å². The number of hydrogen-bond donors (Lipinski definition) is 1. The summed E-state index contributed by atoms with van der Waals surface area (Å²) in [5, 5.41) is 10.4. The van der Waals surface area contributed by atoms with Crippen molar-refractivity contribution in [1.82, 2.24) is 14.8 Å². The molecule has 0 atom stereocenters. The van der Waals surface area contributed by atoms with E-state index in [0.29, 0.717) is 10.2 Å². The van der Waals surface area contributed by atoms with Gasteiger partial charge in [0.1, 0.15) is 9.48 Å². The molecular formula is C13H17BrN4OS. The van der Waals surface area contributed by atoms with Crippen LogP contribution in [0.4, 0.5) is 5.69 Å². The normalized spacial score (nSPS) is 11.9. The van der Waals surface area contributed by atoms with Gasteiger partial charge in [-0.15, -0.1) is 11.3 Å². The van der Waals surface area contributed by atoms with Crippen LogP contribution >= 0.6 is 27.3 Å². The zero-order valence-corrected chi connectivity index (χ0v) is 14.2. The predicted octanol–water partition coefficient (Wildman–Crippen LogP) is 3.39. The molecule has 0 saturated heterocycles. The van der Waals surface area contributed by atoms with Crippen LogP contribution in [-0.2, 0) is 5.54 Å². The van der Waals surface area contributed by atoms with Gasteiger partial charge in [-0.3, -0.25) is 4.79 Å². The van der Waals surface area contributed by atoms with Crippen molar-refractivity contribution in [3.63, 3.8) is 0 Å². The molecule has 0 radical (unpaired) electrons. The highest BCUT2D eigenvalue weighted by molar-refractivity contribution is 9.10. The molecule has 2 aromatic heterocycles. The van der Waals surface area contributed by atoms with Crippen molar-refractivity contribution in [2.24, 2.45) is 0 Å². The van der Waals surface area contributed by atoms with E-state index >= 15 is 0 Å². The molecule has 0 spiro atoms. The van der Waals surface area contributed by atoms with E-state index in [-0.39, 0.29) is 17.1 Å². The standard InChI is InChI=1S/C13H17BrN4OS/c1-8(2)18-11(19)10(14)9(7-16-18)17-13(3,4)12-15-5-6-20-12/h5-8,17H,1-4H3. The van der Waals surface area contributed by atoms with Crippen LogP contribution in [0, 0.1) is 0 Å². The Morgan fingerprint density at radius 3 is 2.70 bits per heavy atom. The Labute approximate surface area is 130 Å². The summed E-state index contributed by atoms with van der Waals surface area (Å²) in [6, 6.07) is 0.0276. The lowest BCUT2D eigenvalue weighted by molar-refractivity contribution is 0.499. The van der Waals surface area contributed by atoms with Crippen molar-refractivity contribution in [3.8, 4) is 0 Å². The molecule has 0 fully saturated rings. The lowest BCUT2D eigenvalue weighted by Gasteiger charge is -2.25. The van der Waals surface area contributed by atoms with Crippen molar-refractivity contribution in [1.29, 1.82) is 0 Å². The Bertz CT molecular complexity index is 649. The monoisotopic (exact) mass is 356 g/mol. The number of halogens is 1. The maximum atomic E-state index is 12.2. The number of thiazole rings is 1. The Kier molecular flexibility index (Phi) is 4.29. The number of rotatable bonds is 4. The molecule has 2 aromatic rings. The molecule has 5 nitrogen and oxygen atoms in total. The first-order valence-corrected chi connectivity index (χ1v) is 7.95. The second kappa shape index (κ2) is 5.65. The molecule has 2 heterocycles. The van der Waals surface area contributed by atoms with E-state index < -0.39 is 0 Å². The lowest BCUT2D eigenvalue weighted by atomic mass is 10.1. The van der Waals surface area contributed by atoms with Crippen LogP contribution in [0.15, 0.2) is 27.0 Å². The van der Waals surface area contributed by atoms with E-state index in [4.69, 9.17) is 0 Å². The average molecular weight is 357 g/mol. The second-order valence-electron chi connectivity index (χ2n) is 5.30. The van der Waals surface area contributed by atoms with Crippen LogP contribution in [0.3, 0.4) is 0 Å². The number of nitrogens with one attached hydrogen (secondary N) is 1.